The second-order valence-electron chi connectivity index (χ2n) is 7.02. The van der Waals surface area contributed by atoms with Crippen LogP contribution < -0.4 is 10.0 Å². The van der Waals surface area contributed by atoms with Crippen LogP contribution in [-0.2, 0) is 27.7 Å². The molecule has 146 valence electrons. The molecule has 1 aliphatic carbocycles. The van der Waals surface area contributed by atoms with Crippen molar-refractivity contribution in [2.75, 3.05) is 6.54 Å². The predicted octanol–water partition coefficient (Wildman–Crippen LogP) is 3.01. The molecule has 0 fully saturated rings. The highest BCUT2D eigenvalue weighted by Gasteiger charge is 2.18. The van der Waals surface area contributed by atoms with Crippen LogP contribution in [0.4, 0.5) is 0 Å². The molecular formula is C20H26N2O4S. The molecule has 1 aromatic carbocycles. The number of fused-ring (bicyclic) bond motifs is 1. The van der Waals surface area contributed by atoms with Crippen molar-refractivity contribution in [1.82, 2.24) is 10.0 Å². The summed E-state index contributed by atoms with van der Waals surface area (Å²) in [6.45, 7) is 3.72. The average molecular weight is 391 g/mol. The summed E-state index contributed by atoms with van der Waals surface area (Å²) in [5, 5.41) is 2.81. The Kier molecular flexibility index (Phi) is 6.01. The monoisotopic (exact) mass is 390 g/mol. The van der Waals surface area contributed by atoms with Crippen LogP contribution >= 0.6 is 0 Å². The molecule has 27 heavy (non-hydrogen) atoms. The molecule has 0 aliphatic heterocycles. The van der Waals surface area contributed by atoms with Gasteiger partial charge in [-0.15, -0.1) is 0 Å². The van der Waals surface area contributed by atoms with E-state index in [0.29, 0.717) is 5.76 Å². The zero-order valence-electron chi connectivity index (χ0n) is 15.7. The van der Waals surface area contributed by atoms with Gasteiger partial charge in [-0.25, -0.2) is 13.1 Å². The van der Waals surface area contributed by atoms with Crippen LogP contribution in [0, 0.1) is 6.92 Å². The summed E-state index contributed by atoms with van der Waals surface area (Å²) in [6, 6.07) is 8.71. The first-order valence-electron chi connectivity index (χ1n) is 9.32. The number of hydrogen-bond donors (Lipinski definition) is 2. The van der Waals surface area contributed by atoms with E-state index in [9.17, 15) is 13.2 Å². The van der Waals surface area contributed by atoms with Gasteiger partial charge < -0.3 is 9.73 Å². The van der Waals surface area contributed by atoms with Crippen LogP contribution in [0.25, 0.3) is 0 Å². The molecule has 6 nitrogen and oxygen atoms in total. The van der Waals surface area contributed by atoms with E-state index in [-0.39, 0.29) is 29.8 Å². The third kappa shape index (κ3) is 4.99. The van der Waals surface area contributed by atoms with E-state index < -0.39 is 10.0 Å². The molecule has 1 aromatic heterocycles. The number of rotatable bonds is 7. The minimum Gasteiger partial charge on any atom is -0.464 e. The maximum absolute atomic E-state index is 12.5. The highest BCUT2D eigenvalue weighted by atomic mass is 32.2. The molecule has 1 atom stereocenters. The van der Waals surface area contributed by atoms with Gasteiger partial charge >= 0.3 is 0 Å². The van der Waals surface area contributed by atoms with E-state index in [2.05, 4.69) is 10.0 Å². The van der Waals surface area contributed by atoms with Crippen molar-refractivity contribution in [3.8, 4) is 0 Å². The fraction of sp³-hybridized carbons (Fsp3) is 0.450. The van der Waals surface area contributed by atoms with Gasteiger partial charge in [0.2, 0.25) is 15.9 Å². The van der Waals surface area contributed by atoms with Crippen LogP contribution in [0.15, 0.2) is 39.6 Å². The zero-order valence-corrected chi connectivity index (χ0v) is 16.6. The Labute approximate surface area is 160 Å². The Morgan fingerprint density at radius 1 is 1.15 bits per heavy atom. The SMILES string of the molecule is Cc1ccc(C(C)NC(=O)CCNS(=O)(=O)c2ccc3c(c2)CCCC3)o1. The smallest absolute Gasteiger partial charge is 0.240 e. The third-order valence-corrected chi connectivity index (χ3v) is 6.30. The molecule has 1 amide bonds. The van der Waals surface area contributed by atoms with Crippen LogP contribution in [0.2, 0.25) is 0 Å². The fourth-order valence-electron chi connectivity index (χ4n) is 3.33. The molecule has 7 heteroatoms. The molecule has 0 radical (unpaired) electrons. The van der Waals surface area contributed by atoms with E-state index in [1.54, 1.807) is 12.1 Å². The van der Waals surface area contributed by atoms with Crippen molar-refractivity contribution >= 4 is 15.9 Å². The zero-order chi connectivity index (χ0) is 19.4. The van der Waals surface area contributed by atoms with Gasteiger partial charge in [0.05, 0.1) is 10.9 Å². The Balaban J connectivity index is 1.52. The number of hydrogen-bond acceptors (Lipinski definition) is 4. The number of carbonyl (C=O) groups excluding carboxylic acids is 1. The molecule has 1 aliphatic rings. The van der Waals surface area contributed by atoms with Gasteiger partial charge in [0, 0.05) is 13.0 Å². The first-order chi connectivity index (χ1) is 12.8. The van der Waals surface area contributed by atoms with Crippen molar-refractivity contribution in [1.29, 1.82) is 0 Å². The first-order valence-corrected chi connectivity index (χ1v) is 10.8. The number of furan rings is 1. The summed E-state index contributed by atoms with van der Waals surface area (Å²) in [7, 11) is -3.62. The summed E-state index contributed by atoms with van der Waals surface area (Å²) < 4.78 is 33.0. The van der Waals surface area contributed by atoms with Crippen LogP contribution in [0.1, 0.15) is 54.9 Å². The standard InChI is InChI=1S/C20H26N2O4S/c1-14-7-10-19(26-14)15(2)22-20(23)11-12-21-27(24,25)18-9-8-16-5-3-4-6-17(16)13-18/h7-10,13,15,21H,3-6,11-12H2,1-2H3,(H,22,23). The molecule has 2 N–H and O–H groups in total. The van der Waals surface area contributed by atoms with Gasteiger partial charge in [-0.2, -0.15) is 0 Å². The van der Waals surface area contributed by atoms with Crippen molar-refractivity contribution in [2.45, 2.75) is 56.9 Å². The van der Waals surface area contributed by atoms with Gasteiger partial charge in [-0.05, 0) is 74.9 Å². The molecule has 1 heterocycles. The largest absolute Gasteiger partial charge is 0.464 e. The number of carbonyl (C=O) groups is 1. The summed E-state index contributed by atoms with van der Waals surface area (Å²) in [6.07, 6.45) is 4.25. The lowest BCUT2D eigenvalue weighted by atomic mass is 9.92. The van der Waals surface area contributed by atoms with Gasteiger partial charge in [0.1, 0.15) is 11.5 Å². The lowest BCUT2D eigenvalue weighted by Gasteiger charge is -2.17. The molecule has 0 bridgehead atoms. The van der Waals surface area contributed by atoms with Crippen LogP contribution in [0.3, 0.4) is 0 Å². The van der Waals surface area contributed by atoms with E-state index in [4.69, 9.17) is 4.42 Å². The highest BCUT2D eigenvalue weighted by molar-refractivity contribution is 7.89. The number of amides is 1. The van der Waals surface area contributed by atoms with E-state index in [1.165, 1.54) is 5.56 Å². The van der Waals surface area contributed by atoms with E-state index in [1.807, 2.05) is 32.0 Å². The molecule has 2 aromatic rings. The lowest BCUT2D eigenvalue weighted by molar-refractivity contribution is -0.121. The molecule has 0 spiro atoms. The van der Waals surface area contributed by atoms with Gasteiger partial charge in [0.15, 0.2) is 0 Å². The first kappa shape index (κ1) is 19.6. The molecule has 0 saturated carbocycles. The van der Waals surface area contributed by atoms with Crippen molar-refractivity contribution in [2.24, 2.45) is 0 Å². The number of nitrogens with one attached hydrogen (secondary N) is 2. The quantitative estimate of drug-likeness (QED) is 0.761. The van der Waals surface area contributed by atoms with Crippen LogP contribution in [-0.4, -0.2) is 20.9 Å². The third-order valence-electron chi connectivity index (χ3n) is 4.84. The summed E-state index contributed by atoms with van der Waals surface area (Å²) >= 11 is 0. The Morgan fingerprint density at radius 2 is 1.89 bits per heavy atom. The fourth-order valence-corrected chi connectivity index (χ4v) is 4.41. The number of aryl methyl sites for hydroxylation is 3. The minimum absolute atomic E-state index is 0.0507. The van der Waals surface area contributed by atoms with Gasteiger partial charge in [-0.3, -0.25) is 4.79 Å². The second-order valence-corrected chi connectivity index (χ2v) is 8.79. The number of sulfonamides is 1. The maximum atomic E-state index is 12.5. The predicted molar refractivity (Wildman–Crippen MR) is 103 cm³/mol. The lowest BCUT2D eigenvalue weighted by Crippen LogP contribution is -2.32. The van der Waals surface area contributed by atoms with Crippen LogP contribution in [0.5, 0.6) is 0 Å². The molecule has 3 rings (SSSR count). The summed E-state index contributed by atoms with van der Waals surface area (Å²) in [5.74, 6) is 1.23. The minimum atomic E-state index is -3.62. The van der Waals surface area contributed by atoms with Crippen molar-refractivity contribution in [3.05, 3.63) is 53.0 Å². The highest BCUT2D eigenvalue weighted by Crippen LogP contribution is 2.24. The summed E-state index contributed by atoms with van der Waals surface area (Å²) in [5.41, 5.74) is 2.35. The van der Waals surface area contributed by atoms with Crippen molar-refractivity contribution < 1.29 is 17.6 Å². The van der Waals surface area contributed by atoms with E-state index >= 15 is 0 Å². The normalized spacial score (nSPS) is 15.2. The second kappa shape index (κ2) is 8.27. The Morgan fingerprint density at radius 3 is 2.59 bits per heavy atom. The van der Waals surface area contributed by atoms with E-state index in [0.717, 1.165) is 37.0 Å². The van der Waals surface area contributed by atoms with Crippen molar-refractivity contribution in [3.63, 3.8) is 0 Å². The number of benzene rings is 1. The van der Waals surface area contributed by atoms with Gasteiger partial charge in [0.25, 0.3) is 0 Å². The topological polar surface area (TPSA) is 88.4 Å². The molecule has 1 unspecified atom stereocenters. The molecular weight excluding hydrogens is 364 g/mol. The Bertz CT molecular complexity index is 918. The molecule has 0 saturated heterocycles. The average Bonchev–Trinajstić information content (AvgIpc) is 3.07. The van der Waals surface area contributed by atoms with Gasteiger partial charge in [-0.1, -0.05) is 6.07 Å². The summed E-state index contributed by atoms with van der Waals surface area (Å²) in [4.78, 5) is 12.3. The Hall–Kier alpha value is -2.12. The maximum Gasteiger partial charge on any atom is 0.240 e.